The van der Waals surface area contributed by atoms with Gasteiger partial charge in [-0.25, -0.2) is 4.79 Å². The molecule has 0 bridgehead atoms. The monoisotopic (exact) mass is 362 g/mol. The molecule has 144 valence electrons. The van der Waals surface area contributed by atoms with Crippen molar-refractivity contribution in [2.45, 2.75) is 59.0 Å². The molecular formula is C20H30N2O4. The standard InChI is InChI=1S/C20H30N2O4/c1-19(2,3)15-10-8-14(9-11-15)16(23)17(24)21-12-7-13-22-18(25)26-20(4,5)6/h8-11H,7,12-13H2,1-6H3,(H,21,24)(H,22,25). The molecule has 0 saturated carbocycles. The number of rotatable bonds is 6. The Balaban J connectivity index is 2.37. The molecule has 0 radical (unpaired) electrons. The van der Waals surface area contributed by atoms with Gasteiger partial charge in [0, 0.05) is 18.7 Å². The molecule has 0 fully saturated rings. The van der Waals surface area contributed by atoms with E-state index in [1.165, 1.54) is 0 Å². The third kappa shape index (κ3) is 7.68. The molecule has 0 spiro atoms. The molecule has 0 aliphatic heterocycles. The molecule has 6 heteroatoms. The summed E-state index contributed by atoms with van der Waals surface area (Å²) >= 11 is 0. The number of carbonyl (C=O) groups excluding carboxylic acids is 3. The molecule has 26 heavy (non-hydrogen) atoms. The molecule has 0 unspecified atom stereocenters. The Morgan fingerprint density at radius 2 is 1.42 bits per heavy atom. The third-order valence-corrected chi connectivity index (χ3v) is 3.53. The summed E-state index contributed by atoms with van der Waals surface area (Å²) in [6, 6.07) is 7.08. The zero-order chi connectivity index (χ0) is 20.0. The summed E-state index contributed by atoms with van der Waals surface area (Å²) in [4.78, 5) is 35.5. The van der Waals surface area contributed by atoms with Gasteiger partial charge in [-0.15, -0.1) is 0 Å². The number of nitrogens with one attached hydrogen (secondary N) is 2. The lowest BCUT2D eigenvalue weighted by Gasteiger charge is -2.19. The average Bonchev–Trinajstić information content (AvgIpc) is 2.51. The molecule has 0 heterocycles. The molecule has 1 aromatic rings. The SMILES string of the molecule is CC(C)(C)OC(=O)NCCCNC(=O)C(=O)c1ccc(C(C)(C)C)cc1. The highest BCUT2D eigenvalue weighted by Gasteiger charge is 2.18. The van der Waals surface area contributed by atoms with Crippen LogP contribution >= 0.6 is 0 Å². The molecule has 6 nitrogen and oxygen atoms in total. The molecular weight excluding hydrogens is 332 g/mol. The first kappa shape index (κ1) is 21.7. The van der Waals surface area contributed by atoms with Gasteiger partial charge in [-0.1, -0.05) is 45.0 Å². The van der Waals surface area contributed by atoms with E-state index in [1.807, 2.05) is 12.1 Å². The van der Waals surface area contributed by atoms with E-state index in [0.29, 0.717) is 25.1 Å². The van der Waals surface area contributed by atoms with Crippen molar-refractivity contribution in [1.82, 2.24) is 10.6 Å². The Labute approximate surface area is 155 Å². The second-order valence-electron chi connectivity index (χ2n) is 8.19. The zero-order valence-corrected chi connectivity index (χ0v) is 16.6. The molecule has 0 atom stereocenters. The van der Waals surface area contributed by atoms with Crippen LogP contribution in [0.25, 0.3) is 0 Å². The van der Waals surface area contributed by atoms with Gasteiger partial charge < -0.3 is 15.4 Å². The molecule has 2 N–H and O–H groups in total. The zero-order valence-electron chi connectivity index (χ0n) is 16.6. The van der Waals surface area contributed by atoms with E-state index >= 15 is 0 Å². The highest BCUT2D eigenvalue weighted by Crippen LogP contribution is 2.22. The number of Topliss-reactive ketones (excluding diaryl/α,β-unsaturated/α-hetero) is 1. The quantitative estimate of drug-likeness (QED) is 0.462. The highest BCUT2D eigenvalue weighted by molar-refractivity contribution is 6.42. The summed E-state index contributed by atoms with van der Waals surface area (Å²) in [6.45, 7) is 12.3. The van der Waals surface area contributed by atoms with E-state index < -0.39 is 23.4 Å². The largest absolute Gasteiger partial charge is 0.444 e. The maximum atomic E-state index is 12.1. The Bertz CT molecular complexity index is 637. The summed E-state index contributed by atoms with van der Waals surface area (Å²) in [7, 11) is 0. The predicted octanol–water partition coefficient (Wildman–Crippen LogP) is 3.20. The number of amides is 2. The van der Waals surface area contributed by atoms with Crippen LogP contribution in [0.4, 0.5) is 4.79 Å². The van der Waals surface area contributed by atoms with Crippen LogP contribution in [-0.4, -0.2) is 36.5 Å². The van der Waals surface area contributed by atoms with E-state index in [-0.39, 0.29) is 5.41 Å². The van der Waals surface area contributed by atoms with Crippen molar-refractivity contribution in [2.75, 3.05) is 13.1 Å². The Morgan fingerprint density at radius 1 is 0.885 bits per heavy atom. The summed E-state index contributed by atoms with van der Waals surface area (Å²) in [5.41, 5.74) is 0.906. The van der Waals surface area contributed by atoms with Crippen molar-refractivity contribution in [1.29, 1.82) is 0 Å². The summed E-state index contributed by atoms with van der Waals surface area (Å²) in [5.74, 6) is -1.21. The molecule has 2 amide bonds. The lowest BCUT2D eigenvalue weighted by atomic mass is 9.86. The summed E-state index contributed by atoms with van der Waals surface area (Å²) < 4.78 is 5.10. The first-order valence-corrected chi connectivity index (χ1v) is 8.80. The van der Waals surface area contributed by atoms with E-state index in [2.05, 4.69) is 31.4 Å². The number of carbonyl (C=O) groups is 3. The number of ketones is 1. The van der Waals surface area contributed by atoms with Gasteiger partial charge in [0.1, 0.15) is 5.60 Å². The van der Waals surface area contributed by atoms with E-state index in [0.717, 1.165) is 5.56 Å². The van der Waals surface area contributed by atoms with Crippen LogP contribution in [0.5, 0.6) is 0 Å². The van der Waals surface area contributed by atoms with Crippen molar-refractivity contribution in [3.8, 4) is 0 Å². The maximum absolute atomic E-state index is 12.1. The molecule has 0 aliphatic carbocycles. The van der Waals surface area contributed by atoms with Crippen LogP contribution in [0.1, 0.15) is 63.9 Å². The number of benzene rings is 1. The van der Waals surface area contributed by atoms with Crippen LogP contribution in [0.2, 0.25) is 0 Å². The number of hydrogen-bond acceptors (Lipinski definition) is 4. The number of hydrogen-bond donors (Lipinski definition) is 2. The van der Waals surface area contributed by atoms with Crippen molar-refractivity contribution in [2.24, 2.45) is 0 Å². The van der Waals surface area contributed by atoms with Gasteiger partial charge >= 0.3 is 6.09 Å². The summed E-state index contributed by atoms with van der Waals surface area (Å²) in [6.07, 6.45) is 0.000142. The van der Waals surface area contributed by atoms with Crippen LogP contribution in [0.3, 0.4) is 0 Å². The van der Waals surface area contributed by atoms with E-state index in [4.69, 9.17) is 4.74 Å². The smallest absolute Gasteiger partial charge is 0.407 e. The van der Waals surface area contributed by atoms with Crippen LogP contribution in [0.15, 0.2) is 24.3 Å². The second kappa shape index (κ2) is 8.83. The van der Waals surface area contributed by atoms with Gasteiger partial charge in [0.2, 0.25) is 5.78 Å². The van der Waals surface area contributed by atoms with Gasteiger partial charge in [-0.2, -0.15) is 0 Å². The predicted molar refractivity (Wildman–Crippen MR) is 101 cm³/mol. The van der Waals surface area contributed by atoms with Crippen LogP contribution in [0, 0.1) is 0 Å². The lowest BCUT2D eigenvalue weighted by molar-refractivity contribution is -0.117. The van der Waals surface area contributed by atoms with Crippen LogP contribution < -0.4 is 10.6 Å². The Hall–Kier alpha value is -2.37. The Kier molecular flexibility index (Phi) is 7.36. The average molecular weight is 362 g/mol. The maximum Gasteiger partial charge on any atom is 0.407 e. The molecule has 0 saturated heterocycles. The fourth-order valence-electron chi connectivity index (χ4n) is 2.13. The Morgan fingerprint density at radius 3 is 1.92 bits per heavy atom. The normalized spacial score (nSPS) is 11.6. The fraction of sp³-hybridized carbons (Fsp3) is 0.550. The fourth-order valence-corrected chi connectivity index (χ4v) is 2.13. The van der Waals surface area contributed by atoms with Crippen molar-refractivity contribution >= 4 is 17.8 Å². The first-order chi connectivity index (χ1) is 11.9. The highest BCUT2D eigenvalue weighted by atomic mass is 16.6. The minimum Gasteiger partial charge on any atom is -0.444 e. The third-order valence-electron chi connectivity index (χ3n) is 3.53. The molecule has 1 aromatic carbocycles. The van der Waals surface area contributed by atoms with Gasteiger partial charge in [-0.05, 0) is 38.2 Å². The van der Waals surface area contributed by atoms with E-state index in [9.17, 15) is 14.4 Å². The number of ether oxygens (including phenoxy) is 1. The van der Waals surface area contributed by atoms with Crippen molar-refractivity contribution in [3.63, 3.8) is 0 Å². The molecule has 0 aromatic heterocycles. The lowest BCUT2D eigenvalue weighted by Crippen LogP contribution is -2.36. The van der Waals surface area contributed by atoms with Gasteiger partial charge in [0.05, 0.1) is 0 Å². The topological polar surface area (TPSA) is 84.5 Å². The molecule has 1 rings (SSSR count). The van der Waals surface area contributed by atoms with Crippen LogP contribution in [-0.2, 0) is 14.9 Å². The van der Waals surface area contributed by atoms with Gasteiger partial charge in [0.15, 0.2) is 0 Å². The minimum atomic E-state index is -0.647. The minimum absolute atomic E-state index is 0.00895. The van der Waals surface area contributed by atoms with Crippen molar-refractivity contribution < 1.29 is 19.1 Å². The summed E-state index contributed by atoms with van der Waals surface area (Å²) in [5, 5.41) is 5.16. The van der Waals surface area contributed by atoms with E-state index in [1.54, 1.807) is 32.9 Å². The van der Waals surface area contributed by atoms with Gasteiger partial charge in [0.25, 0.3) is 5.91 Å². The second-order valence-corrected chi connectivity index (χ2v) is 8.19. The van der Waals surface area contributed by atoms with Crippen molar-refractivity contribution in [3.05, 3.63) is 35.4 Å². The number of alkyl carbamates (subject to hydrolysis) is 1. The molecule has 0 aliphatic rings. The first-order valence-electron chi connectivity index (χ1n) is 8.80. The van der Waals surface area contributed by atoms with Gasteiger partial charge in [-0.3, -0.25) is 9.59 Å².